The van der Waals surface area contributed by atoms with Gasteiger partial charge in [0.2, 0.25) is 5.91 Å². The van der Waals surface area contributed by atoms with Gasteiger partial charge < -0.3 is 19.9 Å². The molecule has 1 saturated heterocycles. The number of esters is 1. The van der Waals surface area contributed by atoms with Crippen LogP contribution in [0.3, 0.4) is 0 Å². The third-order valence-electron chi connectivity index (χ3n) is 7.86. The predicted octanol–water partition coefficient (Wildman–Crippen LogP) is 3.26. The lowest BCUT2D eigenvalue weighted by molar-refractivity contribution is -0.155. The largest absolute Gasteiger partial charge is 0.465 e. The summed E-state index contributed by atoms with van der Waals surface area (Å²) in [4.78, 5) is 43.0. The van der Waals surface area contributed by atoms with Gasteiger partial charge in [-0.05, 0) is 71.3 Å². The second-order valence-electron chi connectivity index (χ2n) is 12.2. The van der Waals surface area contributed by atoms with E-state index in [2.05, 4.69) is 20.5 Å². The number of likely N-dealkylation sites (N-methyl/N-ethyl adjacent to an activating group) is 1. The lowest BCUT2D eigenvalue weighted by atomic mass is 9.87. The van der Waals surface area contributed by atoms with Crippen LogP contribution in [0.5, 0.6) is 0 Å². The fraction of sp³-hybridized carbons (Fsp3) is 0.700. The van der Waals surface area contributed by atoms with Gasteiger partial charge in [0, 0.05) is 50.2 Å². The van der Waals surface area contributed by atoms with Crippen LogP contribution < -0.4 is 10.7 Å². The summed E-state index contributed by atoms with van der Waals surface area (Å²) in [6, 6.07) is 7.35. The summed E-state index contributed by atoms with van der Waals surface area (Å²) in [5, 5.41) is 6.04. The van der Waals surface area contributed by atoms with Gasteiger partial charge in [-0.1, -0.05) is 43.0 Å². The van der Waals surface area contributed by atoms with E-state index in [9.17, 15) is 14.4 Å². The van der Waals surface area contributed by atoms with Crippen molar-refractivity contribution in [3.05, 3.63) is 34.9 Å². The highest BCUT2D eigenvalue weighted by molar-refractivity contribution is 6.30. The zero-order valence-corrected chi connectivity index (χ0v) is 25.6. The Labute approximate surface area is 244 Å². The number of benzene rings is 1. The van der Waals surface area contributed by atoms with E-state index < -0.39 is 11.5 Å². The van der Waals surface area contributed by atoms with Crippen LogP contribution in [-0.4, -0.2) is 97.6 Å². The maximum absolute atomic E-state index is 13.9. The molecule has 1 aliphatic heterocycles. The summed E-state index contributed by atoms with van der Waals surface area (Å²) in [6.07, 6.45) is 6.70. The average Bonchev–Trinajstić information content (AvgIpc) is 3.36. The molecule has 0 bridgehead atoms. The minimum absolute atomic E-state index is 0.0103. The molecule has 1 aromatic rings. The van der Waals surface area contributed by atoms with Crippen molar-refractivity contribution >= 4 is 29.4 Å². The number of ether oxygens (including phenoxy) is 1. The maximum atomic E-state index is 13.9. The molecule has 2 atom stereocenters. The van der Waals surface area contributed by atoms with Crippen molar-refractivity contribution in [1.29, 1.82) is 0 Å². The maximum Gasteiger partial charge on any atom is 0.302 e. The highest BCUT2D eigenvalue weighted by Crippen LogP contribution is 2.32. The lowest BCUT2D eigenvalue weighted by Gasteiger charge is -2.42. The number of hydrogen-bond donors (Lipinski definition) is 2. The van der Waals surface area contributed by atoms with E-state index in [0.717, 1.165) is 44.2 Å². The number of rotatable bonds is 13. The van der Waals surface area contributed by atoms with E-state index in [4.69, 9.17) is 16.3 Å². The molecule has 224 valence electrons. The predicted molar refractivity (Wildman–Crippen MR) is 158 cm³/mol. The van der Waals surface area contributed by atoms with Crippen LogP contribution in [0.1, 0.15) is 64.9 Å². The third-order valence-corrected chi connectivity index (χ3v) is 8.11. The Bertz CT molecular complexity index is 981. The Morgan fingerprint density at radius 3 is 2.38 bits per heavy atom. The molecule has 1 heterocycles. The number of carbonyl (C=O) groups excluding carboxylic acids is 3. The second kappa shape index (κ2) is 15.1. The van der Waals surface area contributed by atoms with Gasteiger partial charge in [0.1, 0.15) is 6.61 Å². The van der Waals surface area contributed by atoms with Crippen molar-refractivity contribution in [3.8, 4) is 0 Å². The molecule has 2 fully saturated rings. The van der Waals surface area contributed by atoms with Gasteiger partial charge in [-0.2, -0.15) is 0 Å². The van der Waals surface area contributed by atoms with Crippen molar-refractivity contribution < 1.29 is 19.1 Å². The van der Waals surface area contributed by atoms with E-state index >= 15 is 0 Å². The van der Waals surface area contributed by atoms with Gasteiger partial charge in [0.05, 0.1) is 11.5 Å². The van der Waals surface area contributed by atoms with Gasteiger partial charge in [-0.15, -0.1) is 0 Å². The number of nitrogens with one attached hydrogen (secondary N) is 2. The summed E-state index contributed by atoms with van der Waals surface area (Å²) in [5.74, 6) is -0.447. The fourth-order valence-electron chi connectivity index (χ4n) is 5.56. The normalized spacial score (nSPS) is 19.4. The molecule has 10 heteroatoms. The number of hydrazine groups is 1. The monoisotopic (exact) mass is 577 g/mol. The molecule has 9 nitrogen and oxygen atoms in total. The molecule has 1 saturated carbocycles. The first-order valence-corrected chi connectivity index (χ1v) is 15.0. The van der Waals surface area contributed by atoms with Crippen molar-refractivity contribution in [2.24, 2.45) is 5.41 Å². The van der Waals surface area contributed by atoms with Crippen LogP contribution in [0.2, 0.25) is 5.02 Å². The van der Waals surface area contributed by atoms with Gasteiger partial charge in [-0.25, -0.2) is 5.01 Å². The van der Waals surface area contributed by atoms with Crippen LogP contribution in [-0.2, 0) is 25.5 Å². The van der Waals surface area contributed by atoms with Crippen LogP contribution in [0.25, 0.3) is 0 Å². The van der Waals surface area contributed by atoms with Crippen molar-refractivity contribution in [3.63, 3.8) is 0 Å². The van der Waals surface area contributed by atoms with Gasteiger partial charge in [0.15, 0.2) is 0 Å². The highest BCUT2D eigenvalue weighted by Gasteiger charge is 2.42. The van der Waals surface area contributed by atoms with Crippen LogP contribution in [0, 0.1) is 5.41 Å². The number of amides is 2. The minimum Gasteiger partial charge on any atom is -0.465 e. The molecule has 0 aromatic heterocycles. The van der Waals surface area contributed by atoms with Crippen molar-refractivity contribution in [1.82, 2.24) is 25.6 Å². The van der Waals surface area contributed by atoms with Crippen molar-refractivity contribution in [2.45, 2.75) is 83.8 Å². The minimum atomic E-state index is -0.820. The first-order valence-electron chi connectivity index (χ1n) is 14.6. The molecule has 2 N–H and O–H groups in total. The quantitative estimate of drug-likeness (QED) is 0.348. The van der Waals surface area contributed by atoms with E-state index in [1.807, 2.05) is 57.2 Å². The van der Waals surface area contributed by atoms with Crippen LogP contribution in [0.15, 0.2) is 24.3 Å². The molecule has 0 spiro atoms. The summed E-state index contributed by atoms with van der Waals surface area (Å²) >= 11 is 6.06. The Kier molecular flexibility index (Phi) is 12.2. The molecule has 1 aromatic carbocycles. The molecule has 3 rings (SSSR count). The molecule has 2 aliphatic rings. The Morgan fingerprint density at radius 1 is 1.07 bits per heavy atom. The Hall–Kier alpha value is -2.20. The van der Waals surface area contributed by atoms with Gasteiger partial charge in [-0.3, -0.25) is 19.8 Å². The van der Waals surface area contributed by atoms with E-state index in [0.29, 0.717) is 31.1 Å². The van der Waals surface area contributed by atoms with E-state index in [-0.39, 0.29) is 36.5 Å². The number of hydrogen-bond acceptors (Lipinski definition) is 7. The van der Waals surface area contributed by atoms with E-state index in [1.54, 1.807) is 0 Å². The van der Waals surface area contributed by atoms with Gasteiger partial charge >= 0.3 is 5.97 Å². The average molecular weight is 578 g/mol. The Morgan fingerprint density at radius 2 is 1.75 bits per heavy atom. The zero-order valence-electron chi connectivity index (χ0n) is 24.9. The first-order chi connectivity index (χ1) is 19.0. The Balaban J connectivity index is 1.68. The zero-order chi connectivity index (χ0) is 29.3. The summed E-state index contributed by atoms with van der Waals surface area (Å²) in [5.41, 5.74) is 3.35. The smallest absolute Gasteiger partial charge is 0.302 e. The van der Waals surface area contributed by atoms with Crippen LogP contribution >= 0.6 is 11.6 Å². The van der Waals surface area contributed by atoms with E-state index in [1.165, 1.54) is 13.3 Å². The lowest BCUT2D eigenvalue weighted by Crippen LogP contribution is -2.56. The van der Waals surface area contributed by atoms with Crippen molar-refractivity contribution in [2.75, 3.05) is 46.9 Å². The molecule has 0 unspecified atom stereocenters. The molecular weight excluding hydrogens is 530 g/mol. The molecule has 2 amide bonds. The molecular formula is C30H48ClN5O4. The number of nitrogens with zero attached hydrogens (tertiary/aromatic N) is 3. The topological polar surface area (TPSA) is 94.2 Å². The summed E-state index contributed by atoms with van der Waals surface area (Å²) in [6.45, 7) is 7.87. The third kappa shape index (κ3) is 9.72. The summed E-state index contributed by atoms with van der Waals surface area (Å²) < 4.78 is 5.26. The standard InChI is InChI=1S/C30H48ClN5O4/c1-22(37)40-21-30(2,3)29(39)36(25-9-7-6-8-10-25)26-15-17-35(20-26)33-28(38)27(32-16-18-34(4)5)19-23-11-13-24(31)14-12-23/h11-14,25-27,32H,6-10,15-21H2,1-5H3,(H,33,38)/t26-,27+/m0/s1. The van der Waals surface area contributed by atoms with Gasteiger partial charge in [0.25, 0.3) is 5.91 Å². The molecule has 40 heavy (non-hydrogen) atoms. The molecule has 0 radical (unpaired) electrons. The first kappa shape index (κ1) is 32.3. The number of carbonyl (C=O) groups is 3. The number of halogens is 1. The fourth-order valence-corrected chi connectivity index (χ4v) is 5.69. The highest BCUT2D eigenvalue weighted by atomic mass is 35.5. The SMILES string of the molecule is CC(=O)OCC(C)(C)C(=O)N(C1CCCCC1)[C@H]1CCN(NC(=O)[C@@H](Cc2ccc(Cl)cc2)NCCN(C)C)C1. The summed E-state index contributed by atoms with van der Waals surface area (Å²) in [7, 11) is 4.01. The molecule has 1 aliphatic carbocycles. The van der Waals surface area contributed by atoms with Crippen LogP contribution in [0.4, 0.5) is 0 Å². The second-order valence-corrected chi connectivity index (χ2v) is 12.6.